The first-order valence-corrected chi connectivity index (χ1v) is 8.17. The molecule has 124 valence electrons. The predicted molar refractivity (Wildman–Crippen MR) is 83.9 cm³/mol. The van der Waals surface area contributed by atoms with Crippen molar-refractivity contribution >= 4 is 11.5 Å². The van der Waals surface area contributed by atoms with E-state index in [1.165, 1.54) is 0 Å². The largest absolute Gasteiger partial charge is 0.365 e. The third-order valence-electron chi connectivity index (χ3n) is 4.76. The number of anilines is 1. The van der Waals surface area contributed by atoms with Gasteiger partial charge in [-0.15, -0.1) is 5.10 Å². The topological polar surface area (TPSA) is 45.5 Å². The number of imidazole rings is 1. The molecule has 1 saturated carbocycles. The maximum Gasteiger partial charge on any atom is 0.248 e. The second kappa shape index (κ2) is 5.40. The van der Waals surface area contributed by atoms with Crippen molar-refractivity contribution in [3.05, 3.63) is 24.0 Å². The number of aromatic nitrogens is 3. The molecule has 0 spiro atoms. The summed E-state index contributed by atoms with van der Waals surface area (Å²) in [5.74, 6) is -1.42. The average molecular weight is 321 g/mol. The zero-order valence-electron chi connectivity index (χ0n) is 13.2. The van der Waals surface area contributed by atoms with Crippen LogP contribution in [-0.2, 0) is 0 Å². The summed E-state index contributed by atoms with van der Waals surface area (Å²) in [5, 5.41) is 7.97. The zero-order valence-corrected chi connectivity index (χ0v) is 13.2. The molecule has 2 fully saturated rings. The fourth-order valence-electron chi connectivity index (χ4n) is 3.68. The molecule has 0 bridgehead atoms. The lowest BCUT2D eigenvalue weighted by Crippen LogP contribution is -2.42. The van der Waals surface area contributed by atoms with Gasteiger partial charge in [0.2, 0.25) is 5.92 Å². The molecule has 7 heteroatoms. The van der Waals surface area contributed by atoms with E-state index in [0.717, 1.165) is 43.2 Å². The molecule has 5 nitrogen and oxygen atoms in total. The van der Waals surface area contributed by atoms with E-state index in [1.54, 1.807) is 4.52 Å². The van der Waals surface area contributed by atoms with Crippen molar-refractivity contribution in [2.24, 2.45) is 5.92 Å². The molecule has 1 atom stereocenters. The number of halogens is 2. The van der Waals surface area contributed by atoms with Gasteiger partial charge in [-0.25, -0.2) is 18.3 Å². The van der Waals surface area contributed by atoms with Crippen molar-refractivity contribution in [3.63, 3.8) is 0 Å². The van der Waals surface area contributed by atoms with Crippen LogP contribution in [0.4, 0.5) is 14.6 Å². The Hall–Kier alpha value is -1.76. The number of rotatable bonds is 4. The van der Waals surface area contributed by atoms with Crippen molar-refractivity contribution in [2.45, 2.75) is 38.2 Å². The number of hydrogen-bond acceptors (Lipinski definition) is 4. The highest BCUT2D eigenvalue weighted by molar-refractivity contribution is 5.45. The van der Waals surface area contributed by atoms with E-state index in [1.807, 2.05) is 25.3 Å². The van der Waals surface area contributed by atoms with Crippen LogP contribution >= 0.6 is 0 Å². The molecule has 2 aromatic rings. The van der Waals surface area contributed by atoms with Gasteiger partial charge >= 0.3 is 0 Å². The molecule has 0 amide bonds. The molecule has 4 rings (SSSR count). The highest BCUT2D eigenvalue weighted by Crippen LogP contribution is 2.42. The molecule has 1 N–H and O–H groups in total. The summed E-state index contributed by atoms with van der Waals surface area (Å²) in [7, 11) is 0. The van der Waals surface area contributed by atoms with Crippen LogP contribution in [0.15, 0.2) is 18.3 Å². The fraction of sp³-hybridized carbons (Fsp3) is 0.625. The minimum absolute atomic E-state index is 0.0554. The minimum atomic E-state index is -2.41. The Labute approximate surface area is 133 Å². The van der Waals surface area contributed by atoms with Gasteiger partial charge in [0.15, 0.2) is 5.65 Å². The number of fused-ring (bicyclic) bond motifs is 1. The number of hydrogen-bond donors (Lipinski definition) is 1. The van der Waals surface area contributed by atoms with E-state index < -0.39 is 5.92 Å². The second-order valence-corrected chi connectivity index (χ2v) is 6.92. The van der Waals surface area contributed by atoms with Crippen LogP contribution in [-0.4, -0.2) is 51.1 Å². The van der Waals surface area contributed by atoms with Gasteiger partial charge in [-0.2, -0.15) is 0 Å². The van der Waals surface area contributed by atoms with Crippen molar-refractivity contribution in [3.8, 4) is 0 Å². The van der Waals surface area contributed by atoms with Crippen molar-refractivity contribution in [1.29, 1.82) is 0 Å². The van der Waals surface area contributed by atoms with Crippen molar-refractivity contribution in [2.75, 3.05) is 25.0 Å². The molecule has 2 aromatic heterocycles. The highest BCUT2D eigenvalue weighted by Gasteiger charge is 2.45. The molecule has 1 unspecified atom stereocenters. The molecule has 1 aliphatic heterocycles. The Morgan fingerprint density at radius 3 is 2.96 bits per heavy atom. The van der Waals surface area contributed by atoms with E-state index in [-0.39, 0.29) is 18.8 Å². The summed E-state index contributed by atoms with van der Waals surface area (Å²) in [5.41, 5.74) is 1.78. The maximum absolute atomic E-state index is 12.9. The summed E-state index contributed by atoms with van der Waals surface area (Å²) in [6, 6.07) is 4.22. The first-order chi connectivity index (χ1) is 11.0. The number of aryl methyl sites for hydroxylation is 1. The number of alkyl halides is 2. The van der Waals surface area contributed by atoms with Crippen LogP contribution in [0.5, 0.6) is 0 Å². The van der Waals surface area contributed by atoms with Gasteiger partial charge in [0.1, 0.15) is 5.82 Å². The van der Waals surface area contributed by atoms with Gasteiger partial charge in [0, 0.05) is 38.5 Å². The monoisotopic (exact) mass is 321 g/mol. The van der Waals surface area contributed by atoms with Gasteiger partial charge in [-0.3, -0.25) is 0 Å². The molecule has 1 saturated heterocycles. The smallest absolute Gasteiger partial charge is 0.248 e. The Kier molecular flexibility index (Phi) is 3.48. The Morgan fingerprint density at radius 2 is 2.17 bits per heavy atom. The summed E-state index contributed by atoms with van der Waals surface area (Å²) >= 11 is 0. The van der Waals surface area contributed by atoms with Crippen LogP contribution in [0.3, 0.4) is 0 Å². The van der Waals surface area contributed by atoms with Crippen LogP contribution in [0, 0.1) is 12.8 Å². The molecular formula is C16H21F2N5. The predicted octanol–water partition coefficient (Wildman–Crippen LogP) is 2.57. The molecule has 0 radical (unpaired) electrons. The normalized spacial score (nSPS) is 24.9. The summed E-state index contributed by atoms with van der Waals surface area (Å²) in [6.45, 7) is 4.60. The fourth-order valence-corrected chi connectivity index (χ4v) is 3.68. The van der Waals surface area contributed by atoms with Gasteiger partial charge in [0.25, 0.3) is 0 Å². The maximum atomic E-state index is 12.9. The lowest BCUT2D eigenvalue weighted by molar-refractivity contribution is -0.115. The summed E-state index contributed by atoms with van der Waals surface area (Å²) in [6.07, 6.45) is 3.03. The van der Waals surface area contributed by atoms with Crippen LogP contribution < -0.4 is 5.32 Å². The first kappa shape index (κ1) is 14.8. The third kappa shape index (κ3) is 3.15. The third-order valence-corrected chi connectivity index (χ3v) is 4.76. The van der Waals surface area contributed by atoms with Crippen molar-refractivity contribution in [1.82, 2.24) is 19.5 Å². The Balaban J connectivity index is 1.32. The van der Waals surface area contributed by atoms with Crippen molar-refractivity contribution < 1.29 is 8.78 Å². The SMILES string of the molecule is Cc1cn2nc(NC3CCN(CC4CC(F)(F)C4)C3)ccc2n1. The standard InChI is InChI=1S/C16H21F2N5/c1-11-8-23-15(19-11)3-2-14(21-23)20-13-4-5-22(10-13)9-12-6-16(17,18)7-12/h2-3,8,12-13H,4-7,9-10H2,1H3,(H,20,21). The van der Waals surface area contributed by atoms with E-state index in [9.17, 15) is 8.78 Å². The summed E-state index contributed by atoms with van der Waals surface area (Å²) < 4.78 is 27.6. The number of nitrogens with zero attached hydrogens (tertiary/aromatic N) is 4. The van der Waals surface area contributed by atoms with Gasteiger partial charge in [-0.1, -0.05) is 0 Å². The van der Waals surface area contributed by atoms with E-state index in [4.69, 9.17) is 0 Å². The van der Waals surface area contributed by atoms with Crippen LogP contribution in [0.1, 0.15) is 25.0 Å². The lowest BCUT2D eigenvalue weighted by Gasteiger charge is -2.37. The molecular weight excluding hydrogens is 300 g/mol. The summed E-state index contributed by atoms with van der Waals surface area (Å²) in [4.78, 5) is 6.65. The lowest BCUT2D eigenvalue weighted by atomic mass is 9.81. The quantitative estimate of drug-likeness (QED) is 0.940. The van der Waals surface area contributed by atoms with Crippen LogP contribution in [0.2, 0.25) is 0 Å². The van der Waals surface area contributed by atoms with E-state index in [2.05, 4.69) is 20.3 Å². The molecule has 23 heavy (non-hydrogen) atoms. The second-order valence-electron chi connectivity index (χ2n) is 6.92. The minimum Gasteiger partial charge on any atom is -0.365 e. The van der Waals surface area contributed by atoms with Gasteiger partial charge in [-0.05, 0) is 31.4 Å². The first-order valence-electron chi connectivity index (χ1n) is 8.17. The molecule has 2 aliphatic rings. The van der Waals surface area contributed by atoms with Gasteiger partial charge < -0.3 is 10.2 Å². The average Bonchev–Trinajstić information content (AvgIpc) is 3.02. The Morgan fingerprint density at radius 1 is 1.35 bits per heavy atom. The zero-order chi connectivity index (χ0) is 16.0. The molecule has 0 aromatic carbocycles. The van der Waals surface area contributed by atoms with E-state index >= 15 is 0 Å². The number of likely N-dealkylation sites (tertiary alicyclic amines) is 1. The molecule has 3 heterocycles. The van der Waals surface area contributed by atoms with Gasteiger partial charge in [0.05, 0.1) is 11.9 Å². The van der Waals surface area contributed by atoms with E-state index in [0.29, 0.717) is 6.04 Å². The molecule has 1 aliphatic carbocycles. The van der Waals surface area contributed by atoms with Crippen LogP contribution in [0.25, 0.3) is 5.65 Å². The Bertz CT molecular complexity index is 706. The highest BCUT2D eigenvalue weighted by atomic mass is 19.3. The number of nitrogens with one attached hydrogen (secondary N) is 1.